The minimum Gasteiger partial charge on any atom is -0.478 e. The monoisotopic (exact) mass is 1080 g/mol. The molecule has 36 nitrogen and oxygen atoms in total. The van der Waals surface area contributed by atoms with Gasteiger partial charge in [0.05, 0.1) is 63.7 Å². The molecular formula is C38H52O36. The molecule has 0 bridgehead atoms. The molecule has 0 aromatic rings. The van der Waals surface area contributed by atoms with E-state index in [1.165, 1.54) is 0 Å². The molecule has 22 N–H and O–H groups in total. The Balaban J connectivity index is -0.0000000918. The molecule has 0 atom stereocenters. The second-order valence-corrected chi connectivity index (χ2v) is 11.3. The SMILES string of the molecule is O=C(O)C=CC(=O)O.O=C(O)C=CC(=O)O.O=C(O)C=CC(=O)O.O=C(O)C=CC(=O)O.O=C(O)C=CC(=O)O.O=C(O)C=CC(=O)O.O=C(O)C=CC(=O)O.OCC(CO)(CO)CO.OCC(CO)(CO)CO. The lowest BCUT2D eigenvalue weighted by molar-refractivity contribution is -0.134. The number of hydrogen-bond acceptors (Lipinski definition) is 22. The van der Waals surface area contributed by atoms with Gasteiger partial charge in [-0.15, -0.1) is 0 Å². The summed E-state index contributed by atoms with van der Waals surface area (Å²) in [5, 5.41) is 177. The summed E-state index contributed by atoms with van der Waals surface area (Å²) in [5.41, 5.74) is -2.22. The van der Waals surface area contributed by atoms with Crippen LogP contribution in [0.25, 0.3) is 0 Å². The zero-order valence-corrected chi connectivity index (χ0v) is 37.3. The Labute approximate surface area is 411 Å². The lowest BCUT2D eigenvalue weighted by Gasteiger charge is -2.23. The van der Waals surface area contributed by atoms with Crippen molar-refractivity contribution in [1.82, 2.24) is 0 Å². The van der Waals surface area contributed by atoms with Crippen LogP contribution in [0.1, 0.15) is 0 Å². The van der Waals surface area contributed by atoms with Crippen LogP contribution < -0.4 is 0 Å². The predicted octanol–water partition coefficient (Wildman–Crippen LogP) is -6.13. The summed E-state index contributed by atoms with van der Waals surface area (Å²) in [6, 6.07) is 0. The van der Waals surface area contributed by atoms with E-state index >= 15 is 0 Å². The van der Waals surface area contributed by atoms with E-state index in [4.69, 9.17) is 112 Å². The van der Waals surface area contributed by atoms with E-state index in [0.717, 1.165) is 0 Å². The van der Waals surface area contributed by atoms with Crippen LogP contribution in [0.2, 0.25) is 0 Å². The van der Waals surface area contributed by atoms with E-state index in [-0.39, 0.29) is 0 Å². The average Bonchev–Trinajstić information content (AvgIpc) is 3.30. The number of carbonyl (C=O) groups is 14. The Bertz CT molecular complexity index is 1460. The quantitative estimate of drug-likeness (QED) is 0.0449. The first-order chi connectivity index (χ1) is 33.9. The Kier molecular flexibility index (Phi) is 63.9. The zero-order chi connectivity index (χ0) is 60.6. The molecule has 0 heterocycles. The Morgan fingerprint density at radius 2 is 0.230 bits per heavy atom. The van der Waals surface area contributed by atoms with Crippen LogP contribution >= 0.6 is 0 Å². The van der Waals surface area contributed by atoms with Crippen LogP contribution in [-0.4, -0.2) is 249 Å². The standard InChI is InChI=1S/2C5H12O4.7C4H4O4/c2*6-1-5(2-7,3-8)4-9;7*5-3(6)1-2-4(7)8/h2*6-9H,1-4H2;7*1-2H,(H,5,6)(H,7,8). The number of aliphatic carboxylic acids is 14. The van der Waals surface area contributed by atoms with Gasteiger partial charge in [0.2, 0.25) is 0 Å². The van der Waals surface area contributed by atoms with Crippen LogP contribution in [0.4, 0.5) is 0 Å². The van der Waals surface area contributed by atoms with Gasteiger partial charge in [-0.2, -0.15) is 0 Å². The first-order valence-electron chi connectivity index (χ1n) is 17.7. The molecule has 36 heteroatoms. The summed E-state index contributed by atoms with van der Waals surface area (Å²) in [7, 11) is 0. The van der Waals surface area contributed by atoms with Crippen molar-refractivity contribution in [3.8, 4) is 0 Å². The van der Waals surface area contributed by atoms with Gasteiger partial charge in [0.1, 0.15) is 0 Å². The van der Waals surface area contributed by atoms with Crippen molar-refractivity contribution in [2.45, 2.75) is 0 Å². The van der Waals surface area contributed by atoms with E-state index in [2.05, 4.69) is 0 Å². The lowest BCUT2D eigenvalue weighted by Crippen LogP contribution is -2.37. The minimum absolute atomic E-state index is 0.406. The third-order valence-electron chi connectivity index (χ3n) is 5.26. The summed E-state index contributed by atoms with van der Waals surface area (Å²) in [4.78, 5) is 134. The highest BCUT2D eigenvalue weighted by Crippen LogP contribution is 2.12. The van der Waals surface area contributed by atoms with Crippen molar-refractivity contribution in [3.05, 3.63) is 85.1 Å². The van der Waals surface area contributed by atoms with Crippen molar-refractivity contribution >= 4 is 83.6 Å². The fraction of sp³-hybridized carbons (Fsp3) is 0.263. The number of carboxylic acids is 14. The van der Waals surface area contributed by atoms with Gasteiger partial charge in [-0.05, 0) is 0 Å². The molecule has 0 unspecified atom stereocenters. The average molecular weight is 1080 g/mol. The Morgan fingerprint density at radius 1 is 0.176 bits per heavy atom. The van der Waals surface area contributed by atoms with Crippen molar-refractivity contribution in [1.29, 1.82) is 0 Å². The second-order valence-electron chi connectivity index (χ2n) is 11.3. The van der Waals surface area contributed by atoms with Crippen LogP contribution in [0, 0.1) is 10.8 Å². The van der Waals surface area contributed by atoms with Crippen molar-refractivity contribution < 1.29 is 179 Å². The van der Waals surface area contributed by atoms with E-state index in [0.29, 0.717) is 85.1 Å². The van der Waals surface area contributed by atoms with Gasteiger partial charge in [-0.25, -0.2) is 67.1 Å². The van der Waals surface area contributed by atoms with Gasteiger partial charge in [-0.3, -0.25) is 0 Å². The lowest BCUT2D eigenvalue weighted by atomic mass is 9.93. The van der Waals surface area contributed by atoms with Crippen LogP contribution in [0.15, 0.2) is 85.1 Å². The van der Waals surface area contributed by atoms with Gasteiger partial charge in [-0.1, -0.05) is 0 Å². The topological polar surface area (TPSA) is 684 Å². The third kappa shape index (κ3) is 96.4. The van der Waals surface area contributed by atoms with Gasteiger partial charge < -0.3 is 112 Å². The highest BCUT2D eigenvalue weighted by Gasteiger charge is 2.27. The number of aliphatic hydroxyl groups excluding tert-OH is 8. The van der Waals surface area contributed by atoms with E-state index < -0.39 is 147 Å². The van der Waals surface area contributed by atoms with Crippen molar-refractivity contribution in [2.24, 2.45) is 10.8 Å². The molecule has 0 aliphatic heterocycles. The number of rotatable bonds is 22. The summed E-state index contributed by atoms with van der Waals surface area (Å²) < 4.78 is 0. The zero-order valence-electron chi connectivity index (χ0n) is 37.3. The normalized spacial score (nSPS) is 10.1. The molecule has 420 valence electrons. The molecule has 0 aromatic carbocycles. The smallest absolute Gasteiger partial charge is 0.328 e. The van der Waals surface area contributed by atoms with Gasteiger partial charge in [0.25, 0.3) is 0 Å². The maximum Gasteiger partial charge on any atom is 0.328 e. The summed E-state index contributed by atoms with van der Waals surface area (Å²) in [6.07, 6.45) is 7.81. The highest BCUT2D eigenvalue weighted by molar-refractivity contribution is 5.92. The molecule has 0 aliphatic rings. The summed E-state index contributed by atoms with van der Waals surface area (Å²) in [6.45, 7) is -3.25. The molecule has 0 rings (SSSR count). The van der Waals surface area contributed by atoms with Crippen molar-refractivity contribution in [3.63, 3.8) is 0 Å². The number of hydrogen-bond donors (Lipinski definition) is 22. The molecule has 0 aliphatic carbocycles. The number of aliphatic hydroxyl groups is 8. The summed E-state index contributed by atoms with van der Waals surface area (Å²) in [5.74, 6) is -17.6. The maximum atomic E-state index is 9.55. The molecule has 0 fully saturated rings. The molecule has 74 heavy (non-hydrogen) atoms. The molecule has 0 amide bonds. The van der Waals surface area contributed by atoms with Crippen LogP contribution in [0.3, 0.4) is 0 Å². The maximum absolute atomic E-state index is 9.55. The number of carboxylic acid groups (broad SMARTS) is 14. The Hall–Kier alpha value is -9.56. The molecule has 0 saturated carbocycles. The van der Waals surface area contributed by atoms with E-state index in [9.17, 15) is 67.1 Å². The summed E-state index contributed by atoms with van der Waals surface area (Å²) >= 11 is 0. The molecule has 0 aromatic heterocycles. The first-order valence-corrected chi connectivity index (χ1v) is 17.7. The third-order valence-corrected chi connectivity index (χ3v) is 5.26. The van der Waals surface area contributed by atoms with E-state index in [1.807, 2.05) is 0 Å². The van der Waals surface area contributed by atoms with Gasteiger partial charge in [0, 0.05) is 85.1 Å². The first kappa shape index (κ1) is 84.4. The van der Waals surface area contributed by atoms with Crippen LogP contribution in [-0.2, 0) is 67.1 Å². The van der Waals surface area contributed by atoms with Crippen LogP contribution in [0.5, 0.6) is 0 Å². The van der Waals surface area contributed by atoms with Gasteiger partial charge in [0.15, 0.2) is 0 Å². The predicted molar refractivity (Wildman–Crippen MR) is 232 cm³/mol. The largest absolute Gasteiger partial charge is 0.478 e. The fourth-order valence-electron chi connectivity index (χ4n) is 1.60. The molecule has 0 saturated heterocycles. The molecular weight excluding hydrogens is 1030 g/mol. The van der Waals surface area contributed by atoms with E-state index in [1.54, 1.807) is 0 Å². The molecule has 0 spiro atoms. The Morgan fingerprint density at radius 3 is 0.243 bits per heavy atom. The minimum atomic E-state index is -1.26. The highest BCUT2D eigenvalue weighted by atomic mass is 16.4. The van der Waals surface area contributed by atoms with Gasteiger partial charge >= 0.3 is 83.6 Å². The van der Waals surface area contributed by atoms with Crippen molar-refractivity contribution in [2.75, 3.05) is 52.9 Å². The molecule has 0 radical (unpaired) electrons. The second kappa shape index (κ2) is 56.0. The fourth-order valence-corrected chi connectivity index (χ4v) is 1.60.